The van der Waals surface area contributed by atoms with E-state index in [0.29, 0.717) is 6.04 Å². The van der Waals surface area contributed by atoms with Crippen LogP contribution in [-0.4, -0.2) is 46.4 Å². The number of hydrogen-bond acceptors (Lipinski definition) is 6. The summed E-state index contributed by atoms with van der Waals surface area (Å²) in [5.41, 5.74) is 2.45. The van der Waals surface area contributed by atoms with Gasteiger partial charge in [-0.1, -0.05) is 43.2 Å². The van der Waals surface area contributed by atoms with Crippen LogP contribution in [0.2, 0.25) is 0 Å². The molecule has 6 heteroatoms. The van der Waals surface area contributed by atoms with Crippen molar-refractivity contribution in [2.75, 3.05) is 18.0 Å². The van der Waals surface area contributed by atoms with Gasteiger partial charge in [-0.2, -0.15) is 0 Å². The van der Waals surface area contributed by atoms with Crippen LogP contribution in [0.1, 0.15) is 38.5 Å². The SMILES string of the molecule is O[C@@H]1CCCC[C@H]1NC1CCN(c2ncnc3scc(-c4ccccc4)c23)CC1. The molecule has 2 atom stereocenters. The van der Waals surface area contributed by atoms with Crippen LogP contribution in [0.3, 0.4) is 0 Å². The molecule has 1 aliphatic carbocycles. The standard InChI is InChI=1S/C23H28N4OS/c28-20-9-5-4-8-19(20)26-17-10-12-27(13-11-17)22-21-18(16-6-2-1-3-7-16)14-29-23(21)25-15-24-22/h1-3,6-7,14-15,17,19-20,26,28H,4-5,8-13H2/t19-,20-/m1/s1. The Labute approximate surface area is 175 Å². The molecule has 29 heavy (non-hydrogen) atoms. The van der Waals surface area contributed by atoms with Gasteiger partial charge in [0.2, 0.25) is 0 Å². The maximum atomic E-state index is 10.3. The number of nitrogens with zero attached hydrogens (tertiary/aromatic N) is 3. The molecule has 152 valence electrons. The molecule has 1 aliphatic heterocycles. The van der Waals surface area contributed by atoms with E-state index in [9.17, 15) is 5.11 Å². The average Bonchev–Trinajstić information content (AvgIpc) is 3.21. The molecular weight excluding hydrogens is 380 g/mol. The fraction of sp³-hybridized carbons (Fsp3) is 0.478. The van der Waals surface area contributed by atoms with E-state index >= 15 is 0 Å². The normalized spacial score (nSPS) is 23.6. The van der Waals surface area contributed by atoms with Crippen LogP contribution in [0.25, 0.3) is 21.3 Å². The van der Waals surface area contributed by atoms with E-state index in [4.69, 9.17) is 4.98 Å². The highest BCUT2D eigenvalue weighted by molar-refractivity contribution is 7.17. The molecule has 2 N–H and O–H groups in total. The van der Waals surface area contributed by atoms with Crippen molar-refractivity contribution in [1.82, 2.24) is 15.3 Å². The van der Waals surface area contributed by atoms with Crippen LogP contribution >= 0.6 is 11.3 Å². The van der Waals surface area contributed by atoms with Gasteiger partial charge in [-0.05, 0) is 31.2 Å². The van der Waals surface area contributed by atoms with Gasteiger partial charge >= 0.3 is 0 Å². The quantitative estimate of drug-likeness (QED) is 0.677. The average molecular weight is 409 g/mol. The first-order chi connectivity index (χ1) is 14.3. The zero-order valence-electron chi connectivity index (χ0n) is 16.6. The summed E-state index contributed by atoms with van der Waals surface area (Å²) in [5.74, 6) is 1.06. The molecule has 1 saturated carbocycles. The monoisotopic (exact) mass is 408 g/mol. The number of aliphatic hydroxyl groups is 1. The Morgan fingerprint density at radius 3 is 2.59 bits per heavy atom. The predicted octanol–water partition coefficient (Wildman–Crippen LogP) is 4.22. The number of aliphatic hydroxyl groups excluding tert-OH is 1. The molecule has 0 unspecified atom stereocenters. The molecule has 0 amide bonds. The third kappa shape index (κ3) is 3.89. The van der Waals surface area contributed by atoms with E-state index in [1.54, 1.807) is 17.7 Å². The molecule has 5 nitrogen and oxygen atoms in total. The Balaban J connectivity index is 1.34. The first-order valence-electron chi connectivity index (χ1n) is 10.8. The topological polar surface area (TPSA) is 61.3 Å². The van der Waals surface area contributed by atoms with Crippen LogP contribution in [0.5, 0.6) is 0 Å². The molecule has 0 radical (unpaired) electrons. The molecule has 1 aromatic carbocycles. The lowest BCUT2D eigenvalue weighted by Crippen LogP contribution is -2.51. The summed E-state index contributed by atoms with van der Waals surface area (Å²) in [7, 11) is 0. The zero-order chi connectivity index (χ0) is 19.6. The smallest absolute Gasteiger partial charge is 0.141 e. The highest BCUT2D eigenvalue weighted by Gasteiger charge is 2.28. The van der Waals surface area contributed by atoms with Crippen LogP contribution in [0, 0.1) is 0 Å². The lowest BCUT2D eigenvalue weighted by atomic mass is 9.91. The highest BCUT2D eigenvalue weighted by atomic mass is 32.1. The van der Waals surface area contributed by atoms with Gasteiger partial charge in [0.05, 0.1) is 11.5 Å². The molecule has 3 aromatic rings. The van der Waals surface area contributed by atoms with Crippen molar-refractivity contribution in [2.24, 2.45) is 0 Å². The van der Waals surface area contributed by atoms with Crippen LogP contribution in [-0.2, 0) is 0 Å². The summed E-state index contributed by atoms with van der Waals surface area (Å²) >= 11 is 1.69. The van der Waals surface area contributed by atoms with Gasteiger partial charge in [0, 0.05) is 36.1 Å². The third-order valence-electron chi connectivity index (χ3n) is 6.41. The summed E-state index contributed by atoms with van der Waals surface area (Å²) < 4.78 is 0. The minimum atomic E-state index is -0.178. The van der Waals surface area contributed by atoms with E-state index in [1.165, 1.54) is 22.9 Å². The van der Waals surface area contributed by atoms with Gasteiger partial charge in [0.15, 0.2) is 0 Å². The van der Waals surface area contributed by atoms with Crippen molar-refractivity contribution in [2.45, 2.75) is 56.7 Å². The maximum Gasteiger partial charge on any atom is 0.141 e. The highest BCUT2D eigenvalue weighted by Crippen LogP contribution is 2.38. The summed E-state index contributed by atoms with van der Waals surface area (Å²) in [4.78, 5) is 12.7. The number of thiophene rings is 1. The Morgan fingerprint density at radius 2 is 1.79 bits per heavy atom. The van der Waals surface area contributed by atoms with Crippen molar-refractivity contribution in [3.05, 3.63) is 42.0 Å². The Bertz CT molecular complexity index is 952. The van der Waals surface area contributed by atoms with Gasteiger partial charge < -0.3 is 15.3 Å². The summed E-state index contributed by atoms with van der Waals surface area (Å²) in [6, 6.07) is 11.3. The summed E-state index contributed by atoms with van der Waals surface area (Å²) in [6.07, 6.45) is 8.12. The lowest BCUT2D eigenvalue weighted by molar-refractivity contribution is 0.0828. The molecule has 2 fully saturated rings. The minimum Gasteiger partial charge on any atom is -0.392 e. The van der Waals surface area contributed by atoms with Crippen molar-refractivity contribution in [3.63, 3.8) is 0 Å². The van der Waals surface area contributed by atoms with Crippen molar-refractivity contribution in [3.8, 4) is 11.1 Å². The molecule has 2 aliphatic rings. The second kappa shape index (κ2) is 8.38. The molecule has 5 rings (SSSR count). The van der Waals surface area contributed by atoms with Crippen molar-refractivity contribution < 1.29 is 5.11 Å². The largest absolute Gasteiger partial charge is 0.392 e. The molecule has 0 bridgehead atoms. The number of piperidine rings is 1. The van der Waals surface area contributed by atoms with E-state index in [2.05, 4.69) is 50.9 Å². The third-order valence-corrected chi connectivity index (χ3v) is 7.30. The van der Waals surface area contributed by atoms with Crippen LogP contribution < -0.4 is 10.2 Å². The number of rotatable bonds is 4. The van der Waals surface area contributed by atoms with Gasteiger partial charge in [0.25, 0.3) is 0 Å². The van der Waals surface area contributed by atoms with Gasteiger partial charge in [-0.25, -0.2) is 9.97 Å². The predicted molar refractivity (Wildman–Crippen MR) is 119 cm³/mol. The first-order valence-corrected chi connectivity index (χ1v) is 11.6. The number of aromatic nitrogens is 2. The number of nitrogens with one attached hydrogen (secondary N) is 1. The number of hydrogen-bond donors (Lipinski definition) is 2. The number of fused-ring (bicyclic) bond motifs is 1. The Morgan fingerprint density at radius 1 is 1.00 bits per heavy atom. The summed E-state index contributed by atoms with van der Waals surface area (Å²) in [6.45, 7) is 1.97. The lowest BCUT2D eigenvalue weighted by Gasteiger charge is -2.37. The van der Waals surface area contributed by atoms with Crippen molar-refractivity contribution in [1.29, 1.82) is 0 Å². The molecule has 2 aromatic heterocycles. The second-order valence-corrected chi connectivity index (χ2v) is 9.14. The van der Waals surface area contributed by atoms with Gasteiger partial charge in [-0.15, -0.1) is 11.3 Å². The maximum absolute atomic E-state index is 10.3. The molecule has 0 spiro atoms. The van der Waals surface area contributed by atoms with E-state index in [-0.39, 0.29) is 12.1 Å². The Hall–Kier alpha value is -2.02. The second-order valence-electron chi connectivity index (χ2n) is 8.28. The number of benzene rings is 1. The van der Waals surface area contributed by atoms with Gasteiger partial charge in [-0.3, -0.25) is 0 Å². The summed E-state index contributed by atoms with van der Waals surface area (Å²) in [5, 5.41) is 17.4. The molecule has 1 saturated heterocycles. The fourth-order valence-corrected chi connectivity index (χ4v) is 5.71. The zero-order valence-corrected chi connectivity index (χ0v) is 17.4. The first kappa shape index (κ1) is 19.0. The minimum absolute atomic E-state index is 0.178. The van der Waals surface area contributed by atoms with Crippen LogP contribution in [0.15, 0.2) is 42.0 Å². The molecule has 3 heterocycles. The number of anilines is 1. The Kier molecular flexibility index (Phi) is 5.48. The van der Waals surface area contributed by atoms with Crippen molar-refractivity contribution >= 4 is 27.4 Å². The van der Waals surface area contributed by atoms with E-state index < -0.39 is 0 Å². The molecular formula is C23H28N4OS. The van der Waals surface area contributed by atoms with Crippen LogP contribution in [0.4, 0.5) is 5.82 Å². The van der Waals surface area contributed by atoms with E-state index in [0.717, 1.165) is 55.8 Å². The van der Waals surface area contributed by atoms with E-state index in [1.807, 2.05) is 0 Å². The fourth-order valence-electron chi connectivity index (χ4n) is 4.80. The van der Waals surface area contributed by atoms with Gasteiger partial charge in [0.1, 0.15) is 17.0 Å².